The zero-order valence-corrected chi connectivity index (χ0v) is 16.3. The molecule has 0 atom stereocenters. The molecular formula is C20H21N3O3S. The van der Waals surface area contributed by atoms with Crippen LogP contribution in [0.15, 0.2) is 40.3 Å². The van der Waals surface area contributed by atoms with Crippen LogP contribution in [0.25, 0.3) is 0 Å². The largest absolute Gasteiger partial charge is 0.459 e. The third kappa shape index (κ3) is 4.83. The molecule has 6 nitrogen and oxygen atoms in total. The van der Waals surface area contributed by atoms with Gasteiger partial charge in [0.15, 0.2) is 10.9 Å². The molecule has 27 heavy (non-hydrogen) atoms. The minimum Gasteiger partial charge on any atom is -0.459 e. The van der Waals surface area contributed by atoms with Crippen molar-refractivity contribution >= 4 is 34.0 Å². The number of anilines is 2. The molecule has 2 aromatic heterocycles. The second kappa shape index (κ2) is 8.18. The van der Waals surface area contributed by atoms with Crippen molar-refractivity contribution in [2.75, 3.05) is 10.6 Å². The Morgan fingerprint density at radius 2 is 1.89 bits per heavy atom. The van der Waals surface area contributed by atoms with Crippen LogP contribution in [0.5, 0.6) is 0 Å². The molecule has 140 valence electrons. The Kier molecular flexibility index (Phi) is 5.71. The summed E-state index contributed by atoms with van der Waals surface area (Å²) in [7, 11) is 0. The van der Waals surface area contributed by atoms with Crippen molar-refractivity contribution in [2.24, 2.45) is 0 Å². The highest BCUT2D eigenvalue weighted by molar-refractivity contribution is 7.13. The number of carbonyl (C=O) groups excluding carboxylic acids is 2. The molecule has 2 N–H and O–H groups in total. The molecule has 3 rings (SSSR count). The van der Waals surface area contributed by atoms with Crippen LogP contribution in [0, 0.1) is 20.8 Å². The highest BCUT2D eigenvalue weighted by Gasteiger charge is 2.13. The van der Waals surface area contributed by atoms with Crippen LogP contribution >= 0.6 is 11.3 Å². The van der Waals surface area contributed by atoms with Gasteiger partial charge < -0.3 is 9.73 Å². The Balaban J connectivity index is 1.54. The van der Waals surface area contributed by atoms with Crippen LogP contribution in [0.1, 0.15) is 39.4 Å². The summed E-state index contributed by atoms with van der Waals surface area (Å²) in [5, 5.41) is 8.00. The van der Waals surface area contributed by atoms with E-state index < -0.39 is 0 Å². The van der Waals surface area contributed by atoms with Gasteiger partial charge >= 0.3 is 0 Å². The Bertz CT molecular complexity index is 938. The number of hydrogen-bond donors (Lipinski definition) is 2. The number of nitrogens with zero attached hydrogens (tertiary/aromatic N) is 1. The van der Waals surface area contributed by atoms with E-state index >= 15 is 0 Å². The molecule has 0 saturated heterocycles. The van der Waals surface area contributed by atoms with E-state index in [0.29, 0.717) is 18.0 Å². The number of carbonyl (C=O) groups is 2. The zero-order chi connectivity index (χ0) is 19.4. The third-order valence-electron chi connectivity index (χ3n) is 4.07. The maximum Gasteiger partial charge on any atom is 0.293 e. The molecule has 0 saturated carbocycles. The van der Waals surface area contributed by atoms with Crippen LogP contribution < -0.4 is 10.6 Å². The lowest BCUT2D eigenvalue weighted by Crippen LogP contribution is -2.14. The molecule has 0 spiro atoms. The minimum absolute atomic E-state index is 0.0563. The molecule has 1 aromatic carbocycles. The lowest BCUT2D eigenvalue weighted by atomic mass is 10.0. The van der Waals surface area contributed by atoms with Crippen molar-refractivity contribution in [2.45, 2.75) is 33.6 Å². The molecule has 0 aliphatic rings. The SMILES string of the molecule is Cc1cc(C)c(NC(=O)CCc2csc(NC(=O)c3ccco3)n2)c(C)c1. The fourth-order valence-electron chi connectivity index (χ4n) is 2.87. The predicted octanol–water partition coefficient (Wildman–Crippen LogP) is 4.48. The monoisotopic (exact) mass is 383 g/mol. The summed E-state index contributed by atoms with van der Waals surface area (Å²) >= 11 is 1.32. The highest BCUT2D eigenvalue weighted by Crippen LogP contribution is 2.22. The molecule has 0 bridgehead atoms. The van der Waals surface area contributed by atoms with Crippen molar-refractivity contribution in [1.29, 1.82) is 0 Å². The third-order valence-corrected chi connectivity index (χ3v) is 4.87. The maximum absolute atomic E-state index is 12.3. The maximum atomic E-state index is 12.3. The van der Waals surface area contributed by atoms with E-state index in [0.717, 1.165) is 22.5 Å². The van der Waals surface area contributed by atoms with Crippen LogP contribution in [0.4, 0.5) is 10.8 Å². The van der Waals surface area contributed by atoms with Gasteiger partial charge in [-0.2, -0.15) is 0 Å². The van der Waals surface area contributed by atoms with Gasteiger partial charge in [0.25, 0.3) is 5.91 Å². The van der Waals surface area contributed by atoms with Gasteiger partial charge in [-0.1, -0.05) is 17.7 Å². The molecular weight excluding hydrogens is 362 g/mol. The number of rotatable bonds is 6. The quantitative estimate of drug-likeness (QED) is 0.657. The number of nitrogens with one attached hydrogen (secondary N) is 2. The first kappa shape index (κ1) is 18.8. The Morgan fingerprint density at radius 1 is 1.15 bits per heavy atom. The minimum atomic E-state index is -0.344. The molecule has 0 aliphatic heterocycles. The van der Waals surface area contributed by atoms with E-state index in [1.807, 2.05) is 26.2 Å². The molecule has 0 radical (unpaired) electrons. The first-order valence-corrected chi connectivity index (χ1v) is 9.47. The molecule has 0 aliphatic carbocycles. The Hall–Kier alpha value is -2.93. The lowest BCUT2D eigenvalue weighted by molar-refractivity contribution is -0.116. The summed E-state index contributed by atoms with van der Waals surface area (Å²) in [4.78, 5) is 28.6. The Labute approximate surface area is 161 Å². The van der Waals surface area contributed by atoms with Crippen LogP contribution in [0.3, 0.4) is 0 Å². The summed E-state index contributed by atoms with van der Waals surface area (Å²) < 4.78 is 5.05. The summed E-state index contributed by atoms with van der Waals surface area (Å²) in [6.07, 6.45) is 2.27. The van der Waals surface area contributed by atoms with E-state index in [-0.39, 0.29) is 17.6 Å². The predicted molar refractivity (Wildman–Crippen MR) is 106 cm³/mol. The molecule has 3 aromatic rings. The Morgan fingerprint density at radius 3 is 2.56 bits per heavy atom. The number of benzene rings is 1. The summed E-state index contributed by atoms with van der Waals surface area (Å²) in [5.74, 6) is -0.168. The average molecular weight is 383 g/mol. The van der Waals surface area contributed by atoms with Crippen molar-refractivity contribution in [3.8, 4) is 0 Å². The zero-order valence-electron chi connectivity index (χ0n) is 15.5. The van der Waals surface area contributed by atoms with Crippen molar-refractivity contribution < 1.29 is 14.0 Å². The number of aromatic nitrogens is 1. The standard InChI is InChI=1S/C20H21N3O3S/c1-12-9-13(2)18(14(3)10-12)22-17(24)7-6-15-11-27-20(21-15)23-19(25)16-5-4-8-26-16/h4-5,8-11H,6-7H2,1-3H3,(H,22,24)(H,21,23,25). The average Bonchev–Trinajstić information content (AvgIpc) is 3.28. The van der Waals surface area contributed by atoms with E-state index in [9.17, 15) is 9.59 Å². The van der Waals surface area contributed by atoms with E-state index in [4.69, 9.17) is 4.42 Å². The topological polar surface area (TPSA) is 84.2 Å². The number of furan rings is 1. The fraction of sp³-hybridized carbons (Fsp3) is 0.250. The number of aryl methyl sites for hydroxylation is 4. The van der Waals surface area contributed by atoms with Crippen LogP contribution in [-0.2, 0) is 11.2 Å². The number of thiazole rings is 1. The van der Waals surface area contributed by atoms with Gasteiger partial charge in [-0.3, -0.25) is 14.9 Å². The summed E-state index contributed by atoms with van der Waals surface area (Å²) in [6.45, 7) is 6.02. The smallest absolute Gasteiger partial charge is 0.293 e. The molecule has 2 heterocycles. The van der Waals surface area contributed by atoms with Gasteiger partial charge in [-0.15, -0.1) is 11.3 Å². The normalized spacial score (nSPS) is 10.6. The van der Waals surface area contributed by atoms with Crippen molar-refractivity contribution in [1.82, 2.24) is 4.98 Å². The first-order chi connectivity index (χ1) is 12.9. The van der Waals surface area contributed by atoms with Crippen molar-refractivity contribution in [3.63, 3.8) is 0 Å². The molecule has 0 fully saturated rings. The second-order valence-corrected chi connectivity index (χ2v) is 7.26. The molecule has 0 unspecified atom stereocenters. The molecule has 2 amide bonds. The van der Waals surface area contributed by atoms with Crippen LogP contribution in [-0.4, -0.2) is 16.8 Å². The summed E-state index contributed by atoms with van der Waals surface area (Å²) in [6, 6.07) is 7.34. The van der Waals surface area contributed by atoms with Crippen molar-refractivity contribution in [3.05, 3.63) is 64.1 Å². The van der Waals surface area contributed by atoms with Gasteiger partial charge in [0, 0.05) is 17.5 Å². The number of amides is 2. The lowest BCUT2D eigenvalue weighted by Gasteiger charge is -2.12. The highest BCUT2D eigenvalue weighted by atomic mass is 32.1. The molecule has 7 heteroatoms. The van der Waals surface area contributed by atoms with Crippen LogP contribution in [0.2, 0.25) is 0 Å². The van der Waals surface area contributed by atoms with Gasteiger partial charge in [0.2, 0.25) is 5.91 Å². The first-order valence-electron chi connectivity index (χ1n) is 8.59. The van der Waals surface area contributed by atoms with E-state index in [1.165, 1.54) is 23.2 Å². The van der Waals surface area contributed by atoms with Gasteiger partial charge in [-0.25, -0.2) is 4.98 Å². The van der Waals surface area contributed by atoms with E-state index in [2.05, 4.69) is 27.8 Å². The van der Waals surface area contributed by atoms with Gasteiger partial charge in [0.05, 0.1) is 12.0 Å². The van der Waals surface area contributed by atoms with Gasteiger partial charge in [-0.05, 0) is 50.5 Å². The van der Waals surface area contributed by atoms with Gasteiger partial charge in [0.1, 0.15) is 0 Å². The fourth-order valence-corrected chi connectivity index (χ4v) is 3.61. The second-order valence-electron chi connectivity index (χ2n) is 6.40. The number of hydrogen-bond acceptors (Lipinski definition) is 5. The summed E-state index contributed by atoms with van der Waals surface area (Å²) in [5.41, 5.74) is 4.92. The van der Waals surface area contributed by atoms with E-state index in [1.54, 1.807) is 12.1 Å².